The molecule has 1 amide bonds. The maximum Gasteiger partial charge on any atom is 0.416 e. The normalized spacial score (nSPS) is 13.0. The van der Waals surface area contributed by atoms with Crippen molar-refractivity contribution >= 4 is 23.2 Å². The zero-order chi connectivity index (χ0) is 18.4. The van der Waals surface area contributed by atoms with E-state index >= 15 is 0 Å². The Morgan fingerprint density at radius 1 is 1.16 bits per heavy atom. The van der Waals surface area contributed by atoms with Gasteiger partial charge in [-0.15, -0.1) is 11.6 Å². The molecule has 132 valence electrons. The summed E-state index contributed by atoms with van der Waals surface area (Å²) in [5.74, 6) is -0.481. The van der Waals surface area contributed by atoms with Gasteiger partial charge in [0, 0.05) is 12.2 Å². The predicted molar refractivity (Wildman–Crippen MR) is 93.6 cm³/mol. The lowest BCUT2D eigenvalue weighted by Gasteiger charge is -2.25. The molecule has 1 unspecified atom stereocenters. The molecule has 0 aliphatic rings. The molecule has 2 aromatic carbocycles. The molecule has 0 spiro atoms. The van der Waals surface area contributed by atoms with Crippen molar-refractivity contribution < 1.29 is 18.0 Å². The van der Waals surface area contributed by atoms with Crippen LogP contribution in [0.3, 0.4) is 0 Å². The van der Waals surface area contributed by atoms with E-state index in [-0.39, 0.29) is 12.2 Å². The number of hydrogen-bond acceptors (Lipinski definition) is 1. The minimum Gasteiger partial charge on any atom is -0.307 e. The zero-order valence-electron chi connectivity index (χ0n) is 13.5. The lowest BCUT2D eigenvalue weighted by molar-refractivity contribution is -0.137. The number of carbonyl (C=O) groups is 1. The minimum atomic E-state index is -4.48. The first-order valence-corrected chi connectivity index (χ1v) is 8.07. The van der Waals surface area contributed by atoms with Gasteiger partial charge in [0.2, 0.25) is 5.91 Å². The van der Waals surface area contributed by atoms with Crippen LogP contribution in [-0.4, -0.2) is 12.5 Å². The van der Waals surface area contributed by atoms with Crippen molar-refractivity contribution in [3.63, 3.8) is 0 Å². The van der Waals surface area contributed by atoms with Crippen molar-refractivity contribution in [2.75, 3.05) is 11.4 Å². The van der Waals surface area contributed by atoms with E-state index in [0.717, 1.165) is 12.1 Å². The monoisotopic (exact) mass is 367 g/mol. The zero-order valence-corrected chi connectivity index (χ0v) is 14.3. The molecule has 0 N–H and O–H groups in total. The lowest BCUT2D eigenvalue weighted by atomic mass is 10.1. The molecule has 0 aliphatic heterocycles. The highest BCUT2D eigenvalue weighted by atomic mass is 35.5. The molecule has 0 aliphatic carbocycles. The van der Waals surface area contributed by atoms with Gasteiger partial charge in [0.05, 0.1) is 5.56 Å². The number of halogens is 4. The SMILES string of the molecule is C/C=C/CN(C(=O)C(Cl)c1ccccc1)c1cccc(C(F)(F)F)c1. The molecule has 0 saturated heterocycles. The second kappa shape index (κ2) is 8.21. The fraction of sp³-hybridized carbons (Fsp3) is 0.211. The molecule has 0 bridgehead atoms. The number of benzene rings is 2. The molecular formula is C19H17ClF3NO. The third-order valence-corrected chi connectivity index (χ3v) is 4.02. The standard InChI is InChI=1S/C19H17ClF3NO/c1-2-3-12-24(16-11-7-10-15(13-16)19(21,22)23)18(25)17(20)14-8-5-4-6-9-14/h2-11,13,17H,12H2,1H3/b3-2+. The van der Waals surface area contributed by atoms with E-state index in [1.54, 1.807) is 49.4 Å². The molecular weight excluding hydrogens is 351 g/mol. The number of allylic oxidation sites excluding steroid dienone is 1. The average molecular weight is 368 g/mol. The minimum absolute atomic E-state index is 0.132. The number of anilines is 1. The summed E-state index contributed by atoms with van der Waals surface area (Å²) >= 11 is 6.27. The van der Waals surface area contributed by atoms with Crippen LogP contribution in [0.1, 0.15) is 23.4 Å². The van der Waals surface area contributed by atoms with Crippen molar-refractivity contribution in [2.24, 2.45) is 0 Å². The highest BCUT2D eigenvalue weighted by molar-refractivity contribution is 6.32. The Morgan fingerprint density at radius 3 is 2.44 bits per heavy atom. The third kappa shape index (κ3) is 4.86. The Labute approximate surface area is 149 Å². The van der Waals surface area contributed by atoms with Gasteiger partial charge in [-0.25, -0.2) is 0 Å². The third-order valence-electron chi connectivity index (χ3n) is 3.58. The van der Waals surface area contributed by atoms with Crippen LogP contribution >= 0.6 is 11.6 Å². The van der Waals surface area contributed by atoms with Gasteiger partial charge in [0.15, 0.2) is 0 Å². The van der Waals surface area contributed by atoms with Crippen LogP contribution in [0.2, 0.25) is 0 Å². The first kappa shape index (κ1) is 19.1. The van der Waals surface area contributed by atoms with E-state index in [2.05, 4.69) is 0 Å². The average Bonchev–Trinajstić information content (AvgIpc) is 2.61. The molecule has 0 aromatic heterocycles. The van der Waals surface area contributed by atoms with Gasteiger partial charge in [-0.2, -0.15) is 13.2 Å². The fourth-order valence-electron chi connectivity index (χ4n) is 2.28. The van der Waals surface area contributed by atoms with Crippen molar-refractivity contribution in [3.8, 4) is 0 Å². The maximum atomic E-state index is 13.0. The van der Waals surface area contributed by atoms with E-state index in [4.69, 9.17) is 11.6 Å². The van der Waals surface area contributed by atoms with Gasteiger partial charge in [-0.05, 0) is 30.7 Å². The molecule has 1 atom stereocenters. The van der Waals surface area contributed by atoms with Crippen LogP contribution in [0.4, 0.5) is 18.9 Å². The van der Waals surface area contributed by atoms with Crippen LogP contribution in [-0.2, 0) is 11.0 Å². The van der Waals surface area contributed by atoms with Crippen molar-refractivity contribution in [2.45, 2.75) is 18.5 Å². The lowest BCUT2D eigenvalue weighted by Crippen LogP contribution is -2.34. The first-order valence-electron chi connectivity index (χ1n) is 7.63. The predicted octanol–water partition coefficient (Wildman–Crippen LogP) is 5.59. The smallest absolute Gasteiger partial charge is 0.307 e. The van der Waals surface area contributed by atoms with Crippen LogP contribution < -0.4 is 4.90 Å². The summed E-state index contributed by atoms with van der Waals surface area (Å²) in [6, 6.07) is 13.4. The number of nitrogens with zero attached hydrogens (tertiary/aromatic N) is 1. The molecule has 6 heteroatoms. The molecule has 25 heavy (non-hydrogen) atoms. The van der Waals surface area contributed by atoms with E-state index in [1.807, 2.05) is 0 Å². The molecule has 2 rings (SSSR count). The van der Waals surface area contributed by atoms with Gasteiger partial charge in [0.1, 0.15) is 5.38 Å². The van der Waals surface area contributed by atoms with Crippen LogP contribution in [0.15, 0.2) is 66.7 Å². The van der Waals surface area contributed by atoms with E-state index < -0.39 is 23.0 Å². The summed E-state index contributed by atoms with van der Waals surface area (Å²) in [5, 5.41) is -0.985. The van der Waals surface area contributed by atoms with Gasteiger partial charge in [-0.1, -0.05) is 48.6 Å². The summed E-state index contributed by atoms with van der Waals surface area (Å²) in [6.07, 6.45) is -1.07. The molecule has 0 heterocycles. The van der Waals surface area contributed by atoms with Gasteiger partial charge in [0.25, 0.3) is 0 Å². The summed E-state index contributed by atoms with van der Waals surface area (Å²) in [7, 11) is 0. The van der Waals surface area contributed by atoms with Crippen LogP contribution in [0.5, 0.6) is 0 Å². The summed E-state index contributed by atoms with van der Waals surface area (Å²) in [5.41, 5.74) is -0.0692. The molecule has 0 radical (unpaired) electrons. The number of amides is 1. The fourth-order valence-corrected chi connectivity index (χ4v) is 2.55. The largest absolute Gasteiger partial charge is 0.416 e. The Kier molecular flexibility index (Phi) is 6.26. The van der Waals surface area contributed by atoms with Gasteiger partial charge < -0.3 is 4.90 Å². The first-order chi connectivity index (χ1) is 11.8. The molecule has 2 aromatic rings. The highest BCUT2D eigenvalue weighted by Crippen LogP contribution is 2.33. The van der Waals surface area contributed by atoms with E-state index in [1.165, 1.54) is 17.0 Å². The number of hydrogen-bond donors (Lipinski definition) is 0. The second-order valence-electron chi connectivity index (χ2n) is 5.34. The van der Waals surface area contributed by atoms with Gasteiger partial charge in [-0.3, -0.25) is 4.79 Å². The van der Waals surface area contributed by atoms with Crippen LogP contribution in [0, 0.1) is 0 Å². The Bertz CT molecular complexity index is 744. The van der Waals surface area contributed by atoms with Crippen LogP contribution in [0.25, 0.3) is 0 Å². The van der Waals surface area contributed by atoms with Crippen molar-refractivity contribution in [3.05, 3.63) is 77.9 Å². The van der Waals surface area contributed by atoms with E-state index in [0.29, 0.717) is 5.56 Å². The molecule has 2 nitrogen and oxygen atoms in total. The van der Waals surface area contributed by atoms with Crippen molar-refractivity contribution in [1.82, 2.24) is 0 Å². The van der Waals surface area contributed by atoms with Gasteiger partial charge >= 0.3 is 6.18 Å². The topological polar surface area (TPSA) is 20.3 Å². The maximum absolute atomic E-state index is 13.0. The summed E-state index contributed by atoms with van der Waals surface area (Å²) < 4.78 is 38.9. The molecule has 0 fully saturated rings. The Balaban J connectivity index is 2.37. The molecule has 0 saturated carbocycles. The Morgan fingerprint density at radius 2 is 1.84 bits per heavy atom. The quantitative estimate of drug-likeness (QED) is 0.498. The number of rotatable bonds is 5. The number of carbonyl (C=O) groups excluding carboxylic acids is 1. The van der Waals surface area contributed by atoms with Crippen molar-refractivity contribution in [1.29, 1.82) is 0 Å². The number of alkyl halides is 4. The van der Waals surface area contributed by atoms with E-state index in [9.17, 15) is 18.0 Å². The summed E-state index contributed by atoms with van der Waals surface area (Å²) in [4.78, 5) is 14.0. The highest BCUT2D eigenvalue weighted by Gasteiger charge is 2.32. The summed E-state index contributed by atoms with van der Waals surface area (Å²) in [6.45, 7) is 1.90. The second-order valence-corrected chi connectivity index (χ2v) is 5.78. The Hall–Kier alpha value is -2.27.